The summed E-state index contributed by atoms with van der Waals surface area (Å²) in [6, 6.07) is 9.77. The minimum atomic E-state index is -0.0652. The lowest BCUT2D eigenvalue weighted by Crippen LogP contribution is -2.29. The van der Waals surface area contributed by atoms with Gasteiger partial charge in [0.2, 0.25) is 0 Å². The Bertz CT molecular complexity index is 519. The number of aryl methyl sites for hydroxylation is 1. The molecule has 0 aliphatic rings. The molecule has 0 saturated heterocycles. The number of nitrogens with zero attached hydrogens (tertiary/aromatic N) is 1. The summed E-state index contributed by atoms with van der Waals surface area (Å²) in [6.45, 7) is 2.28. The molecular formula is C12H14N4O. The number of hydrogen-bond donors (Lipinski definition) is 3. The van der Waals surface area contributed by atoms with E-state index in [2.05, 4.69) is 10.5 Å². The van der Waals surface area contributed by atoms with E-state index >= 15 is 0 Å². The zero-order valence-electron chi connectivity index (χ0n) is 9.53. The molecule has 2 aromatic rings. The second-order valence-corrected chi connectivity index (χ2v) is 3.70. The summed E-state index contributed by atoms with van der Waals surface area (Å²) in [5.41, 5.74) is 7.97. The summed E-state index contributed by atoms with van der Waals surface area (Å²) in [4.78, 5) is 0. The number of nitrogens with one attached hydrogen (secondary N) is 2. The molecule has 5 nitrogen and oxygen atoms in total. The van der Waals surface area contributed by atoms with Gasteiger partial charge in [-0.3, -0.25) is 5.41 Å². The zero-order valence-corrected chi connectivity index (χ0v) is 9.53. The normalized spacial score (nSPS) is 10.2. The summed E-state index contributed by atoms with van der Waals surface area (Å²) < 4.78 is 5.18. The molecule has 0 aliphatic carbocycles. The molecule has 0 atom stereocenters. The van der Waals surface area contributed by atoms with E-state index in [1.165, 1.54) is 0 Å². The molecule has 0 radical (unpaired) electrons. The molecule has 0 unspecified atom stereocenters. The molecule has 17 heavy (non-hydrogen) atoms. The molecule has 0 spiro atoms. The molecule has 0 aliphatic heterocycles. The zero-order chi connectivity index (χ0) is 12.3. The van der Waals surface area contributed by atoms with E-state index in [9.17, 15) is 0 Å². The number of aromatic nitrogens is 1. The van der Waals surface area contributed by atoms with Gasteiger partial charge in [0.25, 0.3) is 0 Å². The van der Waals surface area contributed by atoms with Crippen LogP contribution in [0.4, 0.5) is 0 Å². The van der Waals surface area contributed by atoms with Crippen LogP contribution >= 0.6 is 0 Å². The summed E-state index contributed by atoms with van der Waals surface area (Å²) >= 11 is 0. The lowest BCUT2D eigenvalue weighted by molar-refractivity contribution is 0.398. The van der Waals surface area contributed by atoms with E-state index < -0.39 is 0 Å². The first-order valence-corrected chi connectivity index (χ1v) is 5.27. The van der Waals surface area contributed by atoms with Crippen LogP contribution in [-0.2, 0) is 6.54 Å². The van der Waals surface area contributed by atoms with Crippen molar-refractivity contribution in [2.24, 2.45) is 5.73 Å². The third-order valence-corrected chi connectivity index (χ3v) is 2.49. The molecule has 0 saturated carbocycles. The maximum absolute atomic E-state index is 7.16. The van der Waals surface area contributed by atoms with Crippen LogP contribution in [0.15, 0.2) is 34.9 Å². The lowest BCUT2D eigenvalue weighted by Gasteiger charge is -2.04. The van der Waals surface area contributed by atoms with E-state index in [0.29, 0.717) is 6.54 Å². The van der Waals surface area contributed by atoms with Crippen molar-refractivity contribution < 1.29 is 4.52 Å². The summed E-state index contributed by atoms with van der Waals surface area (Å²) in [6.07, 6.45) is 0. The van der Waals surface area contributed by atoms with Crippen LogP contribution in [0.2, 0.25) is 0 Å². The highest BCUT2D eigenvalue weighted by Gasteiger charge is 2.13. The number of nitrogens with two attached hydrogens (primary N) is 1. The third kappa shape index (κ3) is 2.44. The smallest absolute Gasteiger partial charge is 0.185 e. The summed E-state index contributed by atoms with van der Waals surface area (Å²) in [7, 11) is 0. The van der Waals surface area contributed by atoms with Crippen LogP contribution in [0.5, 0.6) is 0 Å². The van der Waals surface area contributed by atoms with Crippen LogP contribution in [-0.4, -0.2) is 11.1 Å². The lowest BCUT2D eigenvalue weighted by atomic mass is 10.1. The average Bonchev–Trinajstić information content (AvgIpc) is 2.69. The van der Waals surface area contributed by atoms with Gasteiger partial charge in [0.1, 0.15) is 11.5 Å². The van der Waals surface area contributed by atoms with Crippen molar-refractivity contribution in [2.45, 2.75) is 13.5 Å². The Balaban J connectivity index is 2.32. The fourth-order valence-electron chi connectivity index (χ4n) is 1.61. The predicted molar refractivity (Wildman–Crippen MR) is 65.4 cm³/mol. The predicted octanol–water partition coefficient (Wildman–Crippen LogP) is 1.63. The topological polar surface area (TPSA) is 87.9 Å². The molecule has 88 valence electrons. The average molecular weight is 230 g/mol. The number of hydrogen-bond acceptors (Lipinski definition) is 3. The molecule has 0 bridgehead atoms. The van der Waals surface area contributed by atoms with Crippen LogP contribution < -0.4 is 11.1 Å². The van der Waals surface area contributed by atoms with Crippen LogP contribution in [0.1, 0.15) is 11.3 Å². The van der Waals surface area contributed by atoms with E-state index in [1.54, 1.807) is 0 Å². The first kappa shape index (κ1) is 11.2. The Morgan fingerprint density at radius 2 is 2.12 bits per heavy atom. The largest absolute Gasteiger partial charge is 0.370 e. The van der Waals surface area contributed by atoms with Crippen molar-refractivity contribution in [1.29, 1.82) is 5.41 Å². The number of rotatable bonds is 3. The molecule has 0 fully saturated rings. The highest BCUT2D eigenvalue weighted by Crippen LogP contribution is 2.24. The first-order chi connectivity index (χ1) is 8.18. The van der Waals surface area contributed by atoms with Crippen molar-refractivity contribution in [3.05, 3.63) is 41.7 Å². The molecule has 4 N–H and O–H groups in total. The van der Waals surface area contributed by atoms with Gasteiger partial charge in [0.05, 0.1) is 0 Å². The van der Waals surface area contributed by atoms with Gasteiger partial charge in [0.15, 0.2) is 5.96 Å². The standard InChI is InChI=1S/C12H14N4O/c1-8-10(7-15-12(13)14)11(16-17-8)9-5-3-2-4-6-9/h2-6H,7H2,1H3,(H4,13,14,15). The van der Waals surface area contributed by atoms with Gasteiger partial charge < -0.3 is 15.6 Å². The van der Waals surface area contributed by atoms with Crippen molar-refractivity contribution in [3.63, 3.8) is 0 Å². The van der Waals surface area contributed by atoms with Crippen molar-refractivity contribution in [2.75, 3.05) is 0 Å². The molecule has 1 aromatic heterocycles. The third-order valence-electron chi connectivity index (χ3n) is 2.49. The van der Waals surface area contributed by atoms with Gasteiger partial charge in [-0.1, -0.05) is 35.5 Å². The molecule has 5 heteroatoms. The van der Waals surface area contributed by atoms with Crippen LogP contribution in [0.3, 0.4) is 0 Å². The van der Waals surface area contributed by atoms with E-state index in [4.69, 9.17) is 15.7 Å². The molecular weight excluding hydrogens is 216 g/mol. The van der Waals surface area contributed by atoms with E-state index in [1.807, 2.05) is 37.3 Å². The molecule has 2 rings (SSSR count). The van der Waals surface area contributed by atoms with Crippen molar-refractivity contribution in [3.8, 4) is 11.3 Å². The van der Waals surface area contributed by atoms with Gasteiger partial charge in [0, 0.05) is 17.7 Å². The maximum atomic E-state index is 7.16. The summed E-state index contributed by atoms with van der Waals surface area (Å²) in [5.74, 6) is 0.669. The molecule has 1 aromatic carbocycles. The summed E-state index contributed by atoms with van der Waals surface area (Å²) in [5, 5.41) is 14.0. The SMILES string of the molecule is Cc1onc(-c2ccccc2)c1CNC(=N)N. The highest BCUT2D eigenvalue weighted by atomic mass is 16.5. The Labute approximate surface area is 99.1 Å². The number of benzene rings is 1. The highest BCUT2D eigenvalue weighted by molar-refractivity contribution is 5.74. The maximum Gasteiger partial charge on any atom is 0.185 e. The van der Waals surface area contributed by atoms with E-state index in [0.717, 1.165) is 22.6 Å². The van der Waals surface area contributed by atoms with Gasteiger partial charge in [-0.25, -0.2) is 0 Å². The number of guanidine groups is 1. The monoisotopic (exact) mass is 230 g/mol. The quantitative estimate of drug-likeness (QED) is 0.552. The van der Waals surface area contributed by atoms with Crippen LogP contribution in [0, 0.1) is 12.3 Å². The van der Waals surface area contributed by atoms with Crippen molar-refractivity contribution in [1.82, 2.24) is 10.5 Å². The Kier molecular flexibility index (Phi) is 3.09. The second-order valence-electron chi connectivity index (χ2n) is 3.70. The Hall–Kier alpha value is -2.30. The van der Waals surface area contributed by atoms with Crippen LogP contribution in [0.25, 0.3) is 11.3 Å². The first-order valence-electron chi connectivity index (χ1n) is 5.27. The Morgan fingerprint density at radius 3 is 2.76 bits per heavy atom. The second kappa shape index (κ2) is 4.69. The van der Waals surface area contributed by atoms with E-state index in [-0.39, 0.29) is 5.96 Å². The van der Waals surface area contributed by atoms with Crippen molar-refractivity contribution >= 4 is 5.96 Å². The van der Waals surface area contributed by atoms with Gasteiger partial charge >= 0.3 is 0 Å². The van der Waals surface area contributed by atoms with Gasteiger partial charge in [-0.15, -0.1) is 0 Å². The van der Waals surface area contributed by atoms with Gasteiger partial charge in [-0.05, 0) is 6.92 Å². The van der Waals surface area contributed by atoms with Gasteiger partial charge in [-0.2, -0.15) is 0 Å². The fourth-order valence-corrected chi connectivity index (χ4v) is 1.61. The fraction of sp³-hybridized carbons (Fsp3) is 0.167. The molecule has 0 amide bonds. The minimum Gasteiger partial charge on any atom is -0.370 e. The Morgan fingerprint density at radius 1 is 1.41 bits per heavy atom. The minimum absolute atomic E-state index is 0.0652. The molecule has 1 heterocycles.